The number of amides is 3. The molecule has 2 unspecified atom stereocenters. The number of fused-ring (bicyclic) bond motifs is 1. The van der Waals surface area contributed by atoms with Crippen LogP contribution in [0.1, 0.15) is 33.6 Å². The van der Waals surface area contributed by atoms with Gasteiger partial charge in [0, 0.05) is 36.1 Å². The molecule has 0 radical (unpaired) electrons. The maximum atomic E-state index is 14.2. The Morgan fingerprint density at radius 3 is 2.42 bits per heavy atom. The Morgan fingerprint density at radius 1 is 1.17 bits per heavy atom. The molecule has 5 atom stereocenters. The topological polar surface area (TPSA) is 81.2 Å². The number of hydrogen-bond acceptors (Lipinski definition) is 5. The van der Waals surface area contributed by atoms with E-state index in [1.54, 1.807) is 38.6 Å². The van der Waals surface area contributed by atoms with E-state index in [-0.39, 0.29) is 36.1 Å². The highest BCUT2D eigenvalue weighted by molar-refractivity contribution is 8.02. The molecule has 1 aromatic rings. The van der Waals surface area contributed by atoms with Crippen LogP contribution in [0.25, 0.3) is 0 Å². The van der Waals surface area contributed by atoms with E-state index < -0.39 is 28.2 Å². The number of nitrogens with zero attached hydrogens (tertiary/aromatic N) is 3. The average molecular weight is 512 g/mol. The van der Waals surface area contributed by atoms with Gasteiger partial charge in [-0.3, -0.25) is 14.4 Å². The predicted molar refractivity (Wildman–Crippen MR) is 144 cm³/mol. The number of hydrogen-bond donors (Lipinski definition) is 1. The van der Waals surface area contributed by atoms with E-state index in [9.17, 15) is 19.5 Å². The normalized spacial score (nSPS) is 28.7. The van der Waals surface area contributed by atoms with Crippen LogP contribution in [-0.4, -0.2) is 80.4 Å². The van der Waals surface area contributed by atoms with Crippen molar-refractivity contribution < 1.29 is 19.5 Å². The molecule has 36 heavy (non-hydrogen) atoms. The first-order chi connectivity index (χ1) is 17.1. The number of aliphatic hydroxyl groups is 1. The highest BCUT2D eigenvalue weighted by atomic mass is 32.2. The molecule has 3 amide bonds. The largest absolute Gasteiger partial charge is 0.395 e. The summed E-state index contributed by atoms with van der Waals surface area (Å²) in [6.07, 6.45) is 4.86. The summed E-state index contributed by atoms with van der Waals surface area (Å²) in [4.78, 5) is 47.2. The van der Waals surface area contributed by atoms with Crippen molar-refractivity contribution in [1.29, 1.82) is 0 Å². The molecule has 3 heterocycles. The summed E-state index contributed by atoms with van der Waals surface area (Å²) in [6.45, 7) is 14.1. The van der Waals surface area contributed by atoms with Crippen LogP contribution in [0.4, 0.5) is 5.69 Å². The van der Waals surface area contributed by atoms with Crippen LogP contribution < -0.4 is 4.90 Å². The minimum absolute atomic E-state index is 0.0310. The molecule has 3 saturated heterocycles. The van der Waals surface area contributed by atoms with E-state index in [4.69, 9.17) is 0 Å². The Labute approximate surface area is 218 Å². The van der Waals surface area contributed by atoms with Gasteiger partial charge in [0.25, 0.3) is 0 Å². The molecule has 194 valence electrons. The second kappa shape index (κ2) is 10.1. The molecular weight excluding hydrogens is 474 g/mol. The number of anilines is 1. The standard InChI is InChI=1S/C28H37N3O4S/c1-6-15-29(19-11-9-8-10-12-19)24(33)21-20-13-14-28(36-20)22(21)25(34)30(17-18-32)23(28)26(35)31(16-7-2)27(3,4)5/h6-12,20-23,32H,1-2,13-18H2,3-5H3/t20-,21+,22+,23?,28?/m1/s1. The lowest BCUT2D eigenvalue weighted by Gasteiger charge is -2.42. The third-order valence-electron chi connectivity index (χ3n) is 7.69. The number of β-amino-alcohol motifs (C(OH)–C–C–N with tert-alkyl or cyclic N) is 1. The van der Waals surface area contributed by atoms with Crippen LogP contribution in [0.2, 0.25) is 0 Å². The van der Waals surface area contributed by atoms with Crippen LogP contribution in [0.3, 0.4) is 0 Å². The van der Waals surface area contributed by atoms with E-state index in [0.717, 1.165) is 12.1 Å². The van der Waals surface area contributed by atoms with Crippen molar-refractivity contribution in [2.24, 2.45) is 11.8 Å². The quantitative estimate of drug-likeness (QED) is 0.516. The number of rotatable bonds is 9. The smallest absolute Gasteiger partial charge is 0.247 e. The summed E-state index contributed by atoms with van der Waals surface area (Å²) in [5.74, 6) is -1.57. The first-order valence-electron chi connectivity index (χ1n) is 12.6. The van der Waals surface area contributed by atoms with E-state index in [1.165, 1.54) is 0 Å². The molecule has 0 aromatic heterocycles. The number of para-hydroxylation sites is 1. The fourth-order valence-electron chi connectivity index (χ4n) is 6.27. The van der Waals surface area contributed by atoms with Crippen molar-refractivity contribution >= 4 is 35.2 Å². The molecule has 8 heteroatoms. The van der Waals surface area contributed by atoms with Crippen LogP contribution in [-0.2, 0) is 14.4 Å². The highest BCUT2D eigenvalue weighted by Crippen LogP contribution is 2.66. The zero-order valence-electron chi connectivity index (χ0n) is 21.4. The van der Waals surface area contributed by atoms with E-state index in [1.807, 2.05) is 51.1 Å². The lowest BCUT2D eigenvalue weighted by Crippen LogP contribution is -2.59. The summed E-state index contributed by atoms with van der Waals surface area (Å²) in [5, 5.41) is 9.80. The molecule has 3 aliphatic rings. The number of likely N-dealkylation sites (tertiary alicyclic amines) is 1. The maximum Gasteiger partial charge on any atom is 0.247 e. The molecule has 2 bridgehead atoms. The molecule has 3 aliphatic heterocycles. The van der Waals surface area contributed by atoms with Gasteiger partial charge in [-0.2, -0.15) is 0 Å². The molecule has 7 nitrogen and oxygen atoms in total. The number of carbonyl (C=O) groups is 3. The molecule has 1 spiro atoms. The second-order valence-corrected chi connectivity index (χ2v) is 12.4. The monoisotopic (exact) mass is 511 g/mol. The Bertz CT molecular complexity index is 1040. The molecule has 1 N–H and O–H groups in total. The van der Waals surface area contributed by atoms with E-state index in [0.29, 0.717) is 19.5 Å². The summed E-state index contributed by atoms with van der Waals surface area (Å²) in [5.41, 5.74) is 0.290. The number of thioether (sulfide) groups is 1. The van der Waals surface area contributed by atoms with E-state index >= 15 is 0 Å². The molecular formula is C28H37N3O4S. The van der Waals surface area contributed by atoms with Gasteiger partial charge in [-0.25, -0.2) is 0 Å². The zero-order chi connectivity index (χ0) is 26.3. The Kier molecular flexibility index (Phi) is 7.40. The first-order valence-corrected chi connectivity index (χ1v) is 13.5. The van der Waals surface area contributed by atoms with Crippen LogP contribution >= 0.6 is 11.8 Å². The van der Waals surface area contributed by atoms with Crippen LogP contribution in [0.15, 0.2) is 55.6 Å². The Morgan fingerprint density at radius 2 is 1.83 bits per heavy atom. The van der Waals surface area contributed by atoms with Gasteiger partial charge in [0.05, 0.1) is 23.2 Å². The summed E-state index contributed by atoms with van der Waals surface area (Å²) in [6, 6.07) is 8.71. The third-order valence-corrected chi connectivity index (χ3v) is 9.64. The minimum Gasteiger partial charge on any atom is -0.395 e. The van der Waals surface area contributed by atoms with Crippen molar-refractivity contribution in [3.8, 4) is 0 Å². The van der Waals surface area contributed by atoms with Crippen molar-refractivity contribution in [3.63, 3.8) is 0 Å². The average Bonchev–Trinajstić information content (AvgIpc) is 3.48. The minimum atomic E-state index is -0.723. The van der Waals surface area contributed by atoms with E-state index in [2.05, 4.69) is 13.2 Å². The fraction of sp³-hybridized carbons (Fsp3) is 0.536. The molecule has 1 aromatic carbocycles. The van der Waals surface area contributed by atoms with Crippen LogP contribution in [0, 0.1) is 11.8 Å². The van der Waals surface area contributed by atoms with Gasteiger partial charge in [-0.15, -0.1) is 24.9 Å². The lowest BCUT2D eigenvalue weighted by atomic mass is 9.70. The molecule has 0 saturated carbocycles. The lowest BCUT2D eigenvalue weighted by molar-refractivity contribution is -0.145. The summed E-state index contributed by atoms with van der Waals surface area (Å²) >= 11 is 1.64. The van der Waals surface area contributed by atoms with Crippen molar-refractivity contribution in [1.82, 2.24) is 9.80 Å². The zero-order valence-corrected chi connectivity index (χ0v) is 22.2. The number of aliphatic hydroxyl groups excluding tert-OH is 1. The molecule has 0 aliphatic carbocycles. The van der Waals surface area contributed by atoms with Gasteiger partial charge in [0.1, 0.15) is 6.04 Å². The van der Waals surface area contributed by atoms with Crippen molar-refractivity contribution in [3.05, 3.63) is 55.6 Å². The molecule has 3 fully saturated rings. The fourth-order valence-corrected chi connectivity index (χ4v) is 8.48. The van der Waals surface area contributed by atoms with Gasteiger partial charge < -0.3 is 19.8 Å². The predicted octanol–water partition coefficient (Wildman–Crippen LogP) is 3.10. The van der Waals surface area contributed by atoms with Crippen molar-refractivity contribution in [2.45, 2.75) is 55.2 Å². The summed E-state index contributed by atoms with van der Waals surface area (Å²) < 4.78 is -0.685. The van der Waals surface area contributed by atoms with Crippen LogP contribution in [0.5, 0.6) is 0 Å². The maximum absolute atomic E-state index is 14.2. The Balaban J connectivity index is 1.75. The SMILES string of the molecule is C=CCN(C(=O)[C@@H]1[C@H]2C(=O)N(CCO)C(C(=O)N(CC=C)C(C)(C)C)C23CC[C@H]1S3)c1ccccc1. The number of carbonyl (C=O) groups excluding carboxylic acids is 3. The van der Waals surface area contributed by atoms with Gasteiger partial charge in [0.15, 0.2) is 0 Å². The summed E-state index contributed by atoms with van der Waals surface area (Å²) in [7, 11) is 0. The third kappa shape index (κ3) is 4.18. The molecule has 4 rings (SSSR count). The van der Waals surface area contributed by atoms with Crippen molar-refractivity contribution in [2.75, 3.05) is 31.1 Å². The second-order valence-electron chi connectivity index (χ2n) is 10.8. The van der Waals surface area contributed by atoms with Gasteiger partial charge in [0.2, 0.25) is 17.7 Å². The Hall–Kier alpha value is -2.58. The first kappa shape index (κ1) is 26.5. The highest BCUT2D eigenvalue weighted by Gasteiger charge is 2.74. The van der Waals surface area contributed by atoms with Gasteiger partial charge in [-0.05, 0) is 45.7 Å². The van der Waals surface area contributed by atoms with Gasteiger partial charge in [-0.1, -0.05) is 30.4 Å². The van der Waals surface area contributed by atoms with Gasteiger partial charge >= 0.3 is 0 Å². The number of benzene rings is 1.